The largest absolute Gasteiger partial charge is 0.355 e. The van der Waals surface area contributed by atoms with Gasteiger partial charge >= 0.3 is 0 Å². The Bertz CT molecular complexity index is 1490. The molecule has 2 aromatic carbocycles. The molecule has 2 N–H and O–H groups in total. The van der Waals surface area contributed by atoms with E-state index in [2.05, 4.69) is 38.5 Å². The first-order chi connectivity index (χ1) is 19.0. The zero-order valence-corrected chi connectivity index (χ0v) is 25.5. The molecule has 1 atom stereocenters. The number of anilines is 2. The summed E-state index contributed by atoms with van der Waals surface area (Å²) in [5, 5.41) is 6.41. The Hall–Kier alpha value is -2.95. The van der Waals surface area contributed by atoms with E-state index in [1.54, 1.807) is 24.3 Å². The fourth-order valence-electron chi connectivity index (χ4n) is 4.82. The van der Waals surface area contributed by atoms with Crippen molar-refractivity contribution in [1.82, 2.24) is 10.3 Å². The van der Waals surface area contributed by atoms with Crippen LogP contribution in [0.15, 0.2) is 70.2 Å². The predicted molar refractivity (Wildman–Crippen MR) is 162 cm³/mol. The van der Waals surface area contributed by atoms with Crippen molar-refractivity contribution in [3.63, 3.8) is 0 Å². The van der Waals surface area contributed by atoms with Crippen LogP contribution in [-0.4, -0.2) is 44.6 Å². The number of sulfone groups is 1. The van der Waals surface area contributed by atoms with Crippen LogP contribution in [0.4, 0.5) is 11.5 Å². The quantitative estimate of drug-likeness (QED) is 0.294. The van der Waals surface area contributed by atoms with Crippen LogP contribution >= 0.6 is 27.5 Å². The molecule has 0 spiro atoms. The minimum atomic E-state index is -3.54. The number of aromatic nitrogens is 1. The molecule has 2 amide bonds. The van der Waals surface area contributed by atoms with Crippen LogP contribution in [-0.2, 0) is 14.6 Å². The molecule has 0 aliphatic carbocycles. The molecule has 1 aliphatic rings. The molecule has 1 fully saturated rings. The normalized spacial score (nSPS) is 14.9. The van der Waals surface area contributed by atoms with Crippen LogP contribution in [0.2, 0.25) is 5.02 Å². The van der Waals surface area contributed by atoms with Crippen LogP contribution in [0.3, 0.4) is 0 Å². The van der Waals surface area contributed by atoms with Crippen molar-refractivity contribution in [1.29, 1.82) is 0 Å². The van der Waals surface area contributed by atoms with Crippen LogP contribution < -0.4 is 15.5 Å². The Morgan fingerprint density at radius 1 is 1.12 bits per heavy atom. The topological polar surface area (TPSA) is 108 Å². The maximum absolute atomic E-state index is 13.0. The fraction of sp³-hybridized carbons (Fsp3) is 0.345. The van der Waals surface area contributed by atoms with E-state index in [9.17, 15) is 18.0 Å². The number of piperidine rings is 1. The van der Waals surface area contributed by atoms with Crippen molar-refractivity contribution in [3.8, 4) is 0 Å². The molecule has 1 saturated heterocycles. The Balaban J connectivity index is 1.43. The molecule has 2 heterocycles. The monoisotopic (exact) mass is 646 g/mol. The molecule has 212 valence electrons. The lowest BCUT2D eigenvalue weighted by atomic mass is 9.92. The Labute approximate surface area is 248 Å². The van der Waals surface area contributed by atoms with Crippen molar-refractivity contribution < 1.29 is 18.0 Å². The average Bonchev–Trinajstić information content (AvgIpc) is 2.91. The molecule has 1 aromatic heterocycles. The van der Waals surface area contributed by atoms with Gasteiger partial charge in [0.05, 0.1) is 16.6 Å². The van der Waals surface area contributed by atoms with Gasteiger partial charge in [-0.05, 0) is 67.1 Å². The lowest BCUT2D eigenvalue weighted by Crippen LogP contribution is -2.37. The van der Waals surface area contributed by atoms with Gasteiger partial charge in [-0.15, -0.1) is 0 Å². The molecule has 0 saturated carbocycles. The average molecular weight is 648 g/mol. The first-order valence-corrected chi connectivity index (χ1v) is 16.2. The SMILES string of the molecule is CCC(NC(=O)CC1CCN(c2ncc(S(C)(=O)=O)cc2NC(=O)c2cccc(Cl)c2)CC1)c1cccc(Br)c1. The molecule has 11 heteroatoms. The number of carbonyl (C=O) groups is 2. The fourth-order valence-corrected chi connectivity index (χ4v) is 6.00. The Morgan fingerprint density at radius 3 is 2.50 bits per heavy atom. The van der Waals surface area contributed by atoms with Gasteiger partial charge in [0.25, 0.3) is 5.91 Å². The van der Waals surface area contributed by atoms with E-state index in [4.69, 9.17) is 11.6 Å². The molecule has 0 radical (unpaired) electrons. The molecule has 1 aliphatic heterocycles. The van der Waals surface area contributed by atoms with Crippen LogP contribution in [0, 0.1) is 5.92 Å². The molecule has 0 bridgehead atoms. The van der Waals surface area contributed by atoms with E-state index in [0.29, 0.717) is 41.6 Å². The van der Waals surface area contributed by atoms with Crippen molar-refractivity contribution in [2.45, 2.75) is 43.5 Å². The number of hydrogen-bond donors (Lipinski definition) is 2. The summed E-state index contributed by atoms with van der Waals surface area (Å²) in [6, 6.07) is 15.9. The third-order valence-corrected chi connectivity index (χ3v) is 8.80. The van der Waals surface area contributed by atoms with E-state index in [0.717, 1.165) is 35.6 Å². The number of halogens is 2. The van der Waals surface area contributed by atoms with Crippen LogP contribution in [0.25, 0.3) is 0 Å². The van der Waals surface area contributed by atoms with Crippen LogP contribution in [0.5, 0.6) is 0 Å². The molecule has 40 heavy (non-hydrogen) atoms. The summed E-state index contributed by atoms with van der Waals surface area (Å²) in [6.45, 7) is 3.28. The third kappa shape index (κ3) is 7.83. The number of benzene rings is 2. The zero-order chi connectivity index (χ0) is 28.9. The highest BCUT2D eigenvalue weighted by Gasteiger charge is 2.26. The zero-order valence-electron chi connectivity index (χ0n) is 22.4. The van der Waals surface area contributed by atoms with Gasteiger partial charge in [0, 0.05) is 47.0 Å². The number of hydrogen-bond acceptors (Lipinski definition) is 6. The number of nitrogens with one attached hydrogen (secondary N) is 2. The minimum Gasteiger partial charge on any atom is -0.355 e. The lowest BCUT2D eigenvalue weighted by Gasteiger charge is -2.34. The number of carbonyl (C=O) groups excluding carboxylic acids is 2. The Kier molecular flexibility index (Phi) is 9.86. The van der Waals surface area contributed by atoms with Crippen molar-refractivity contribution in [2.24, 2.45) is 5.92 Å². The molecule has 8 nitrogen and oxygen atoms in total. The number of nitrogens with zero attached hydrogens (tertiary/aromatic N) is 2. The highest BCUT2D eigenvalue weighted by molar-refractivity contribution is 9.10. The first-order valence-electron chi connectivity index (χ1n) is 13.1. The minimum absolute atomic E-state index is 0.0140. The van der Waals surface area contributed by atoms with E-state index in [-0.39, 0.29) is 22.8 Å². The number of pyridine rings is 1. The highest BCUT2D eigenvalue weighted by atomic mass is 79.9. The lowest BCUT2D eigenvalue weighted by molar-refractivity contribution is -0.123. The molecule has 4 rings (SSSR count). The number of rotatable bonds is 9. The highest BCUT2D eigenvalue weighted by Crippen LogP contribution is 2.31. The van der Waals surface area contributed by atoms with Crippen molar-refractivity contribution >= 4 is 60.7 Å². The molecule has 1 unspecified atom stereocenters. The van der Waals surface area contributed by atoms with Gasteiger partial charge in [-0.3, -0.25) is 9.59 Å². The van der Waals surface area contributed by atoms with Gasteiger partial charge in [-0.2, -0.15) is 0 Å². The summed E-state index contributed by atoms with van der Waals surface area (Å²) >= 11 is 9.54. The van der Waals surface area contributed by atoms with Crippen molar-refractivity contribution in [3.05, 3.63) is 81.4 Å². The standard InChI is InChI=1S/C29H32BrClN4O4S/c1-3-25(20-6-4-8-22(30)15-20)33-27(36)14-19-10-12-35(13-11-19)28-26(17-24(18-32-28)40(2,38)39)34-29(37)21-7-5-9-23(31)16-21/h4-9,15-19,25H,3,10-14H2,1-2H3,(H,33,36)(H,34,37). The summed E-state index contributed by atoms with van der Waals surface area (Å²) in [4.78, 5) is 32.3. The first kappa shape index (κ1) is 30.0. The number of amides is 2. The second-order valence-corrected chi connectivity index (χ2v) is 13.4. The van der Waals surface area contributed by atoms with Gasteiger partial charge in [0.1, 0.15) is 0 Å². The predicted octanol–water partition coefficient (Wildman–Crippen LogP) is 6.03. The van der Waals surface area contributed by atoms with Gasteiger partial charge in [-0.25, -0.2) is 13.4 Å². The van der Waals surface area contributed by atoms with Gasteiger partial charge < -0.3 is 15.5 Å². The smallest absolute Gasteiger partial charge is 0.255 e. The summed E-state index contributed by atoms with van der Waals surface area (Å²) in [5.74, 6) is 0.302. The summed E-state index contributed by atoms with van der Waals surface area (Å²) in [6.07, 6.45) is 5.15. The summed E-state index contributed by atoms with van der Waals surface area (Å²) in [7, 11) is -3.54. The van der Waals surface area contributed by atoms with E-state index < -0.39 is 15.7 Å². The second kappa shape index (κ2) is 13.1. The maximum Gasteiger partial charge on any atom is 0.255 e. The molecular weight excluding hydrogens is 616 g/mol. The van der Waals surface area contributed by atoms with E-state index >= 15 is 0 Å². The second-order valence-electron chi connectivity index (χ2n) is 10.00. The van der Waals surface area contributed by atoms with Crippen LogP contribution in [0.1, 0.15) is 54.6 Å². The van der Waals surface area contributed by atoms with Crippen molar-refractivity contribution in [2.75, 3.05) is 29.6 Å². The van der Waals surface area contributed by atoms with Gasteiger partial charge in [0.15, 0.2) is 15.7 Å². The van der Waals surface area contributed by atoms with Gasteiger partial charge in [0.2, 0.25) is 5.91 Å². The summed E-state index contributed by atoms with van der Waals surface area (Å²) in [5.41, 5.74) is 1.72. The third-order valence-electron chi connectivity index (χ3n) is 6.99. The van der Waals surface area contributed by atoms with Gasteiger partial charge in [-0.1, -0.05) is 52.7 Å². The molecular formula is C29H32BrClN4O4S. The summed E-state index contributed by atoms with van der Waals surface area (Å²) < 4.78 is 25.4. The molecule has 3 aromatic rings. The Morgan fingerprint density at radius 2 is 1.85 bits per heavy atom. The maximum atomic E-state index is 13.0. The van der Waals surface area contributed by atoms with E-state index in [1.165, 1.54) is 12.3 Å². The van der Waals surface area contributed by atoms with E-state index in [1.807, 2.05) is 29.2 Å².